The number of hydrogen-bond acceptors (Lipinski definition) is 5. The van der Waals surface area contributed by atoms with Crippen LogP contribution in [-0.2, 0) is 16.1 Å². The molecule has 0 saturated carbocycles. The molecule has 0 amide bonds. The van der Waals surface area contributed by atoms with E-state index in [0.717, 1.165) is 19.6 Å². The maximum atomic E-state index is 9.55. The van der Waals surface area contributed by atoms with Crippen molar-refractivity contribution in [2.45, 2.75) is 43.8 Å². The number of carboxylic acids is 2. The van der Waals surface area contributed by atoms with E-state index in [9.17, 15) is 9.59 Å². The summed E-state index contributed by atoms with van der Waals surface area (Å²) >= 11 is 1.85. The lowest BCUT2D eigenvalue weighted by molar-refractivity contribution is -0.134. The van der Waals surface area contributed by atoms with Gasteiger partial charge in [-0.15, -0.1) is 11.8 Å². The number of carbonyl (C=O) groups is 2. The largest absolute Gasteiger partial charge is 0.478 e. The molecule has 7 heteroatoms. The molecule has 1 saturated heterocycles. The van der Waals surface area contributed by atoms with Crippen LogP contribution in [0.3, 0.4) is 0 Å². The van der Waals surface area contributed by atoms with Gasteiger partial charge in [0.1, 0.15) is 0 Å². The summed E-state index contributed by atoms with van der Waals surface area (Å²) in [5.41, 5.74) is 1.46. The molecule has 0 bridgehead atoms. The van der Waals surface area contributed by atoms with E-state index in [1.54, 1.807) is 0 Å². The quantitative estimate of drug-likeness (QED) is 0.495. The van der Waals surface area contributed by atoms with E-state index in [2.05, 4.69) is 54.6 Å². The number of rotatable bonds is 7. The Labute approximate surface area is 159 Å². The highest BCUT2D eigenvalue weighted by atomic mass is 32.2. The van der Waals surface area contributed by atoms with Gasteiger partial charge in [-0.05, 0) is 44.7 Å². The van der Waals surface area contributed by atoms with E-state index in [1.807, 2.05) is 11.8 Å². The smallest absolute Gasteiger partial charge is 0.328 e. The fraction of sp³-hybridized carbons (Fsp3) is 0.474. The zero-order chi connectivity index (χ0) is 19.5. The number of nitrogens with one attached hydrogen (secondary N) is 1. The fourth-order valence-corrected chi connectivity index (χ4v) is 3.44. The molecule has 2 rings (SSSR count). The molecule has 1 aliphatic rings. The van der Waals surface area contributed by atoms with Crippen molar-refractivity contribution in [1.29, 1.82) is 0 Å². The van der Waals surface area contributed by atoms with Gasteiger partial charge in [0.15, 0.2) is 0 Å². The van der Waals surface area contributed by atoms with E-state index in [1.165, 1.54) is 16.9 Å². The molecule has 1 aromatic carbocycles. The van der Waals surface area contributed by atoms with Gasteiger partial charge in [0.25, 0.3) is 0 Å². The first-order valence-electron chi connectivity index (χ1n) is 8.57. The molecule has 0 spiro atoms. The minimum absolute atomic E-state index is 0.558. The Morgan fingerprint density at radius 3 is 2.35 bits per heavy atom. The number of carboxylic acid groups (broad SMARTS) is 2. The van der Waals surface area contributed by atoms with Gasteiger partial charge in [0.2, 0.25) is 0 Å². The summed E-state index contributed by atoms with van der Waals surface area (Å²) in [6, 6.07) is 10.1. The maximum Gasteiger partial charge on any atom is 0.328 e. The molecule has 0 aromatic heterocycles. The van der Waals surface area contributed by atoms with E-state index in [4.69, 9.17) is 10.2 Å². The van der Waals surface area contributed by atoms with Crippen LogP contribution in [0, 0.1) is 0 Å². The number of nitrogens with zero attached hydrogens (tertiary/aromatic N) is 1. The van der Waals surface area contributed by atoms with Gasteiger partial charge in [-0.25, -0.2) is 9.59 Å². The summed E-state index contributed by atoms with van der Waals surface area (Å²) in [7, 11) is 0. The molecule has 0 radical (unpaired) electrons. The number of aliphatic carboxylic acids is 2. The van der Waals surface area contributed by atoms with Crippen LogP contribution in [-0.4, -0.2) is 58.5 Å². The van der Waals surface area contributed by atoms with Gasteiger partial charge >= 0.3 is 11.9 Å². The Hall–Kier alpha value is -1.83. The summed E-state index contributed by atoms with van der Waals surface area (Å²) in [6.45, 7) is 7.98. The van der Waals surface area contributed by atoms with E-state index >= 15 is 0 Å². The minimum atomic E-state index is -1.26. The molecule has 0 unspecified atom stereocenters. The molecule has 1 atom stereocenters. The summed E-state index contributed by atoms with van der Waals surface area (Å²) in [6.07, 6.45) is 4.56. The lowest BCUT2D eigenvalue weighted by Gasteiger charge is -2.32. The van der Waals surface area contributed by atoms with Gasteiger partial charge in [-0.1, -0.05) is 18.2 Å². The summed E-state index contributed by atoms with van der Waals surface area (Å²) in [4.78, 5) is 23.2. The second kappa shape index (κ2) is 11.7. The van der Waals surface area contributed by atoms with Crippen LogP contribution in [0.25, 0.3) is 0 Å². The second-order valence-corrected chi connectivity index (χ2v) is 7.08. The van der Waals surface area contributed by atoms with Crippen LogP contribution in [0.5, 0.6) is 0 Å². The molecule has 3 N–H and O–H groups in total. The first kappa shape index (κ1) is 22.2. The topological polar surface area (TPSA) is 89.9 Å². The Bertz CT molecular complexity index is 597. The SMILES string of the molecule is CSc1ccccc1CN(C(C)C)[C@H]1CCNC1.O=C(O)/C=C/C(=O)O. The highest BCUT2D eigenvalue weighted by Gasteiger charge is 2.24. The molecule has 144 valence electrons. The van der Waals surface area contributed by atoms with Crippen LogP contribution >= 0.6 is 11.8 Å². The molecule has 1 aromatic rings. The third kappa shape index (κ3) is 8.03. The number of thioether (sulfide) groups is 1. The van der Waals surface area contributed by atoms with Crippen molar-refractivity contribution in [3.63, 3.8) is 0 Å². The van der Waals surface area contributed by atoms with E-state index in [0.29, 0.717) is 24.2 Å². The van der Waals surface area contributed by atoms with Gasteiger partial charge in [0, 0.05) is 42.2 Å². The molecule has 1 heterocycles. The van der Waals surface area contributed by atoms with Crippen LogP contribution in [0.4, 0.5) is 0 Å². The highest BCUT2D eigenvalue weighted by molar-refractivity contribution is 7.98. The summed E-state index contributed by atoms with van der Waals surface area (Å²) in [5.74, 6) is -2.51. The molecule has 1 fully saturated rings. The number of hydrogen-bond donors (Lipinski definition) is 3. The standard InChI is InChI=1S/C15H24N2S.C4H4O4/c1-12(2)17(14-8-9-16-10-14)11-13-6-4-5-7-15(13)18-3;5-3(6)1-2-4(7)8/h4-7,12,14,16H,8-11H2,1-3H3;1-2H,(H,5,6)(H,7,8)/b;2-1+/t14-;/m0./s1. The first-order valence-corrected chi connectivity index (χ1v) is 9.80. The van der Waals surface area contributed by atoms with Crippen molar-refractivity contribution in [3.05, 3.63) is 42.0 Å². The van der Waals surface area contributed by atoms with Crippen molar-refractivity contribution in [2.24, 2.45) is 0 Å². The Morgan fingerprint density at radius 1 is 1.27 bits per heavy atom. The molecular weight excluding hydrogens is 352 g/mol. The summed E-state index contributed by atoms with van der Waals surface area (Å²) in [5, 5.41) is 19.1. The first-order chi connectivity index (χ1) is 12.3. The van der Waals surface area contributed by atoms with Crippen molar-refractivity contribution < 1.29 is 19.8 Å². The van der Waals surface area contributed by atoms with Crippen molar-refractivity contribution in [2.75, 3.05) is 19.3 Å². The van der Waals surface area contributed by atoms with Gasteiger partial charge in [-0.2, -0.15) is 0 Å². The molecule has 0 aliphatic carbocycles. The minimum Gasteiger partial charge on any atom is -0.478 e. The van der Waals surface area contributed by atoms with E-state index < -0.39 is 11.9 Å². The zero-order valence-electron chi connectivity index (χ0n) is 15.5. The third-order valence-corrected chi connectivity index (χ3v) is 4.92. The molecule has 1 aliphatic heterocycles. The van der Waals surface area contributed by atoms with Gasteiger partial charge in [0.05, 0.1) is 0 Å². The predicted molar refractivity (Wildman–Crippen MR) is 105 cm³/mol. The average molecular weight is 381 g/mol. The third-order valence-electron chi connectivity index (χ3n) is 4.08. The van der Waals surface area contributed by atoms with E-state index in [-0.39, 0.29) is 0 Å². The summed E-state index contributed by atoms with van der Waals surface area (Å²) < 4.78 is 0. The fourth-order valence-electron chi connectivity index (χ4n) is 2.83. The monoisotopic (exact) mass is 380 g/mol. The Morgan fingerprint density at radius 2 is 1.88 bits per heavy atom. The Kier molecular flexibility index (Phi) is 10.0. The van der Waals surface area contributed by atoms with Crippen LogP contribution in [0.1, 0.15) is 25.8 Å². The number of benzene rings is 1. The predicted octanol–water partition coefficient (Wildman–Crippen LogP) is 2.69. The van der Waals surface area contributed by atoms with Crippen molar-refractivity contribution in [3.8, 4) is 0 Å². The molecule has 6 nitrogen and oxygen atoms in total. The molecular formula is C19H28N2O4S. The highest BCUT2D eigenvalue weighted by Crippen LogP contribution is 2.24. The zero-order valence-corrected chi connectivity index (χ0v) is 16.3. The molecule has 26 heavy (non-hydrogen) atoms. The van der Waals surface area contributed by atoms with Crippen LogP contribution in [0.15, 0.2) is 41.3 Å². The van der Waals surface area contributed by atoms with Crippen LogP contribution < -0.4 is 5.32 Å². The Balaban J connectivity index is 0.000000359. The van der Waals surface area contributed by atoms with Gasteiger partial charge in [-0.3, -0.25) is 4.90 Å². The average Bonchev–Trinajstić information content (AvgIpc) is 3.12. The lowest BCUT2D eigenvalue weighted by Crippen LogP contribution is -2.41. The van der Waals surface area contributed by atoms with Gasteiger partial charge < -0.3 is 15.5 Å². The van der Waals surface area contributed by atoms with Crippen LogP contribution in [0.2, 0.25) is 0 Å². The lowest BCUT2D eigenvalue weighted by atomic mass is 10.1. The van der Waals surface area contributed by atoms with Crippen molar-refractivity contribution in [1.82, 2.24) is 10.2 Å². The second-order valence-electron chi connectivity index (χ2n) is 6.23. The normalized spacial score (nSPS) is 16.7. The maximum absolute atomic E-state index is 9.55. The van der Waals surface area contributed by atoms with Crippen molar-refractivity contribution >= 4 is 23.7 Å².